The Balaban J connectivity index is 1.42. The molecule has 32 heavy (non-hydrogen) atoms. The lowest BCUT2D eigenvalue weighted by atomic mass is 10.2. The third kappa shape index (κ3) is 5.30. The summed E-state index contributed by atoms with van der Waals surface area (Å²) in [7, 11) is 0. The molecule has 2 heterocycles. The van der Waals surface area contributed by atoms with Gasteiger partial charge in [-0.05, 0) is 30.7 Å². The highest BCUT2D eigenvalue weighted by molar-refractivity contribution is 6.17. The average molecular weight is 455 g/mol. The molecule has 10 heteroatoms. The van der Waals surface area contributed by atoms with Crippen molar-refractivity contribution in [1.82, 2.24) is 19.7 Å². The van der Waals surface area contributed by atoms with Crippen molar-refractivity contribution < 1.29 is 13.9 Å². The van der Waals surface area contributed by atoms with E-state index in [1.807, 2.05) is 18.2 Å². The molecule has 1 amide bonds. The zero-order valence-corrected chi connectivity index (χ0v) is 17.7. The normalized spacial score (nSPS) is 10.8. The number of para-hydroxylation sites is 1. The Labute approximate surface area is 188 Å². The molecular formula is C22H20ClFN6O2. The Bertz CT molecular complexity index is 1230. The van der Waals surface area contributed by atoms with Gasteiger partial charge in [0, 0.05) is 23.5 Å². The Morgan fingerprint density at radius 3 is 2.91 bits per heavy atom. The van der Waals surface area contributed by atoms with Crippen LogP contribution in [0.2, 0.25) is 0 Å². The standard InChI is InChI=1S/C22H20ClFN6O2/c23-8-3-9-32-16-6-7-17-20(10-16)25-14-26-22(17)28-15-11-27-30(12-15)13-21(31)29-19-5-2-1-4-18(19)24/h1-2,4-7,10-12,14H,3,8-9,13H2,(H,29,31)(H,25,26,28). The van der Waals surface area contributed by atoms with E-state index in [-0.39, 0.29) is 18.1 Å². The van der Waals surface area contributed by atoms with Gasteiger partial charge in [0.2, 0.25) is 5.91 Å². The highest BCUT2D eigenvalue weighted by Gasteiger charge is 2.10. The van der Waals surface area contributed by atoms with Gasteiger partial charge < -0.3 is 15.4 Å². The van der Waals surface area contributed by atoms with Crippen LogP contribution in [0, 0.1) is 5.82 Å². The van der Waals surface area contributed by atoms with Gasteiger partial charge in [0.05, 0.1) is 29.7 Å². The van der Waals surface area contributed by atoms with Gasteiger partial charge in [0.25, 0.3) is 0 Å². The van der Waals surface area contributed by atoms with Gasteiger partial charge in [-0.1, -0.05) is 12.1 Å². The topological polar surface area (TPSA) is 94.0 Å². The molecule has 0 unspecified atom stereocenters. The van der Waals surface area contributed by atoms with Crippen molar-refractivity contribution in [1.29, 1.82) is 0 Å². The molecule has 2 aromatic heterocycles. The molecule has 2 aromatic carbocycles. The number of hydrogen-bond donors (Lipinski definition) is 2. The third-order valence-corrected chi connectivity index (χ3v) is 4.77. The minimum atomic E-state index is -0.494. The van der Waals surface area contributed by atoms with Crippen LogP contribution in [0.4, 0.5) is 21.6 Å². The van der Waals surface area contributed by atoms with E-state index < -0.39 is 5.82 Å². The summed E-state index contributed by atoms with van der Waals surface area (Å²) in [4.78, 5) is 20.8. The number of nitrogens with one attached hydrogen (secondary N) is 2. The van der Waals surface area contributed by atoms with Crippen LogP contribution < -0.4 is 15.4 Å². The third-order valence-electron chi connectivity index (χ3n) is 4.50. The van der Waals surface area contributed by atoms with Crippen LogP contribution in [0.15, 0.2) is 61.2 Å². The average Bonchev–Trinajstić information content (AvgIpc) is 3.22. The smallest absolute Gasteiger partial charge is 0.246 e. The van der Waals surface area contributed by atoms with Gasteiger partial charge in [0.1, 0.15) is 30.3 Å². The van der Waals surface area contributed by atoms with E-state index in [4.69, 9.17) is 16.3 Å². The molecule has 4 aromatic rings. The number of nitrogens with zero attached hydrogens (tertiary/aromatic N) is 4. The van der Waals surface area contributed by atoms with Crippen molar-refractivity contribution in [2.45, 2.75) is 13.0 Å². The second-order valence-corrected chi connectivity index (χ2v) is 7.25. The number of aromatic nitrogens is 4. The molecule has 0 saturated heterocycles. The fourth-order valence-corrected chi connectivity index (χ4v) is 3.13. The molecule has 0 fully saturated rings. The summed E-state index contributed by atoms with van der Waals surface area (Å²) in [6.45, 7) is 0.471. The molecule has 0 radical (unpaired) electrons. The number of rotatable bonds is 9. The van der Waals surface area contributed by atoms with Gasteiger partial charge in [-0.15, -0.1) is 11.6 Å². The van der Waals surface area contributed by atoms with Crippen LogP contribution in [-0.2, 0) is 11.3 Å². The van der Waals surface area contributed by atoms with Crippen LogP contribution in [0.1, 0.15) is 6.42 Å². The number of halogens is 2. The number of amides is 1. The lowest BCUT2D eigenvalue weighted by Crippen LogP contribution is -2.19. The summed E-state index contributed by atoms with van der Waals surface area (Å²) in [5.74, 6) is 0.965. The number of benzene rings is 2. The zero-order valence-electron chi connectivity index (χ0n) is 17.0. The number of fused-ring (bicyclic) bond motifs is 1. The van der Waals surface area contributed by atoms with E-state index in [2.05, 4.69) is 25.7 Å². The first-order valence-electron chi connectivity index (χ1n) is 9.90. The Morgan fingerprint density at radius 2 is 2.06 bits per heavy atom. The van der Waals surface area contributed by atoms with Crippen LogP contribution >= 0.6 is 11.6 Å². The van der Waals surface area contributed by atoms with E-state index in [0.29, 0.717) is 29.7 Å². The summed E-state index contributed by atoms with van der Waals surface area (Å²) in [6, 6.07) is 11.6. The van der Waals surface area contributed by atoms with E-state index in [0.717, 1.165) is 17.3 Å². The second-order valence-electron chi connectivity index (χ2n) is 6.87. The van der Waals surface area contributed by atoms with Crippen LogP contribution in [0.25, 0.3) is 10.9 Å². The van der Waals surface area contributed by atoms with E-state index >= 15 is 0 Å². The zero-order chi connectivity index (χ0) is 22.3. The number of alkyl halides is 1. The maximum atomic E-state index is 13.7. The second kappa shape index (κ2) is 10.1. The summed E-state index contributed by atoms with van der Waals surface area (Å²) in [6.07, 6.45) is 5.46. The number of carbonyl (C=O) groups is 1. The molecule has 0 bridgehead atoms. The number of ether oxygens (including phenoxy) is 1. The van der Waals surface area contributed by atoms with Crippen molar-refractivity contribution in [3.05, 3.63) is 67.0 Å². The quantitative estimate of drug-likeness (QED) is 0.288. The predicted octanol–water partition coefficient (Wildman–Crippen LogP) is 4.36. The van der Waals surface area contributed by atoms with Gasteiger partial charge in [-0.2, -0.15) is 5.10 Å². The van der Waals surface area contributed by atoms with Gasteiger partial charge in [-0.3, -0.25) is 9.48 Å². The summed E-state index contributed by atoms with van der Waals surface area (Å²) in [5, 5.41) is 10.7. The molecule has 8 nitrogen and oxygen atoms in total. The largest absolute Gasteiger partial charge is 0.493 e. The van der Waals surface area contributed by atoms with Crippen molar-refractivity contribution in [2.24, 2.45) is 0 Å². The Hall–Kier alpha value is -3.72. The molecule has 164 valence electrons. The number of carbonyl (C=O) groups excluding carboxylic acids is 1. The van der Waals surface area contributed by atoms with Crippen LogP contribution in [0.5, 0.6) is 5.75 Å². The Morgan fingerprint density at radius 1 is 1.19 bits per heavy atom. The maximum Gasteiger partial charge on any atom is 0.246 e. The minimum absolute atomic E-state index is 0.0659. The first-order chi connectivity index (χ1) is 15.6. The Kier molecular flexibility index (Phi) is 6.76. The van der Waals surface area contributed by atoms with E-state index in [1.165, 1.54) is 23.1 Å². The van der Waals surface area contributed by atoms with Crippen molar-refractivity contribution >= 4 is 45.6 Å². The highest BCUT2D eigenvalue weighted by atomic mass is 35.5. The first kappa shape index (κ1) is 21.5. The van der Waals surface area contributed by atoms with Gasteiger partial charge in [0.15, 0.2) is 0 Å². The van der Waals surface area contributed by atoms with Crippen molar-refractivity contribution in [3.63, 3.8) is 0 Å². The summed E-state index contributed by atoms with van der Waals surface area (Å²) < 4.78 is 20.8. The minimum Gasteiger partial charge on any atom is -0.493 e. The van der Waals surface area contributed by atoms with E-state index in [1.54, 1.807) is 24.5 Å². The molecule has 0 aliphatic heterocycles. The maximum absolute atomic E-state index is 13.7. The number of anilines is 3. The first-order valence-corrected chi connectivity index (χ1v) is 10.4. The van der Waals surface area contributed by atoms with Gasteiger partial charge in [-0.25, -0.2) is 14.4 Å². The molecule has 0 saturated carbocycles. The lowest BCUT2D eigenvalue weighted by Gasteiger charge is -2.09. The SMILES string of the molecule is O=C(Cn1cc(Nc2ncnc3cc(OCCCCl)ccc23)cn1)Nc1ccccc1F. The van der Waals surface area contributed by atoms with E-state index in [9.17, 15) is 9.18 Å². The molecule has 0 aliphatic carbocycles. The molecule has 0 atom stereocenters. The van der Waals surface area contributed by atoms with Crippen molar-refractivity contribution in [2.75, 3.05) is 23.1 Å². The fraction of sp³-hybridized carbons (Fsp3) is 0.182. The molecular weight excluding hydrogens is 435 g/mol. The molecule has 0 aliphatic rings. The summed E-state index contributed by atoms with van der Waals surface area (Å²) in [5.41, 5.74) is 1.50. The van der Waals surface area contributed by atoms with Crippen LogP contribution in [-0.4, -0.2) is 38.1 Å². The molecule has 4 rings (SSSR count). The summed E-state index contributed by atoms with van der Waals surface area (Å²) >= 11 is 5.68. The fourth-order valence-electron chi connectivity index (χ4n) is 3.02. The monoisotopic (exact) mass is 454 g/mol. The molecule has 2 N–H and O–H groups in total. The lowest BCUT2D eigenvalue weighted by molar-refractivity contribution is -0.116. The van der Waals surface area contributed by atoms with Crippen LogP contribution in [0.3, 0.4) is 0 Å². The predicted molar refractivity (Wildman–Crippen MR) is 121 cm³/mol. The van der Waals surface area contributed by atoms with Crippen molar-refractivity contribution in [3.8, 4) is 5.75 Å². The highest BCUT2D eigenvalue weighted by Crippen LogP contribution is 2.26. The molecule has 0 spiro atoms. The van der Waals surface area contributed by atoms with Gasteiger partial charge >= 0.3 is 0 Å². The number of hydrogen-bond acceptors (Lipinski definition) is 6.